The highest BCUT2D eigenvalue weighted by Gasteiger charge is 2.38. The second-order valence-electron chi connectivity index (χ2n) is 7.28. The molecule has 0 aromatic rings. The SMILES string of the molecule is CN=C(NCCN1C(=O)CCCC1=O)N1CCSC2(CCCCC2)C1. The number of nitrogens with zero attached hydrogens (tertiary/aromatic N) is 3. The molecule has 2 aliphatic heterocycles. The van der Waals surface area contributed by atoms with Crippen molar-refractivity contribution >= 4 is 29.5 Å². The molecule has 2 saturated heterocycles. The number of amides is 2. The van der Waals surface area contributed by atoms with Crippen LogP contribution in [0.4, 0.5) is 0 Å². The van der Waals surface area contributed by atoms with Crippen LogP contribution < -0.4 is 5.32 Å². The maximum Gasteiger partial charge on any atom is 0.229 e. The molecule has 6 nitrogen and oxygen atoms in total. The molecular formula is C18H30N4O2S. The summed E-state index contributed by atoms with van der Waals surface area (Å²) < 4.78 is 0.396. The summed E-state index contributed by atoms with van der Waals surface area (Å²) >= 11 is 2.14. The smallest absolute Gasteiger partial charge is 0.229 e. The molecule has 0 aromatic heterocycles. The Morgan fingerprint density at radius 1 is 1.16 bits per heavy atom. The van der Waals surface area contributed by atoms with Gasteiger partial charge in [0, 0.05) is 56.6 Å². The Morgan fingerprint density at radius 2 is 1.88 bits per heavy atom. The first-order valence-corrected chi connectivity index (χ1v) is 10.5. The third-order valence-corrected chi connectivity index (χ3v) is 7.06. The minimum Gasteiger partial charge on any atom is -0.354 e. The summed E-state index contributed by atoms with van der Waals surface area (Å²) in [6.07, 6.45) is 8.34. The first kappa shape index (κ1) is 18.5. The van der Waals surface area contributed by atoms with E-state index in [1.165, 1.54) is 37.0 Å². The van der Waals surface area contributed by atoms with Gasteiger partial charge in [0.25, 0.3) is 0 Å². The van der Waals surface area contributed by atoms with Gasteiger partial charge >= 0.3 is 0 Å². The first-order chi connectivity index (χ1) is 12.1. The lowest BCUT2D eigenvalue weighted by Crippen LogP contribution is -2.54. The molecule has 1 N–H and O–H groups in total. The van der Waals surface area contributed by atoms with Gasteiger partial charge in [0.2, 0.25) is 11.8 Å². The van der Waals surface area contributed by atoms with E-state index < -0.39 is 0 Å². The minimum absolute atomic E-state index is 0.0384. The van der Waals surface area contributed by atoms with Crippen LogP contribution in [0.25, 0.3) is 0 Å². The number of piperidine rings is 1. The molecule has 25 heavy (non-hydrogen) atoms. The minimum atomic E-state index is -0.0384. The van der Waals surface area contributed by atoms with Gasteiger partial charge in [-0.15, -0.1) is 0 Å². The van der Waals surface area contributed by atoms with Gasteiger partial charge in [0.05, 0.1) is 0 Å². The average Bonchev–Trinajstić information content (AvgIpc) is 2.61. The van der Waals surface area contributed by atoms with Crippen molar-refractivity contribution < 1.29 is 9.59 Å². The molecule has 0 unspecified atom stereocenters. The number of likely N-dealkylation sites (tertiary alicyclic amines) is 1. The molecule has 1 aliphatic carbocycles. The zero-order valence-electron chi connectivity index (χ0n) is 15.3. The van der Waals surface area contributed by atoms with E-state index in [1.54, 1.807) is 0 Å². The Kier molecular flexibility index (Phi) is 6.25. The lowest BCUT2D eigenvalue weighted by atomic mass is 9.87. The number of carbonyl (C=O) groups excluding carboxylic acids is 2. The standard InChI is InChI=1S/C18H30N4O2S/c1-19-17(20-10-11-22-15(23)6-5-7-16(22)24)21-12-13-25-18(14-21)8-3-2-4-9-18/h2-14H2,1H3,(H,19,20). The third kappa shape index (κ3) is 4.49. The molecule has 3 fully saturated rings. The predicted octanol–water partition coefficient (Wildman–Crippen LogP) is 1.85. The van der Waals surface area contributed by atoms with Gasteiger partial charge < -0.3 is 10.2 Å². The zero-order chi connectivity index (χ0) is 17.7. The monoisotopic (exact) mass is 366 g/mol. The lowest BCUT2D eigenvalue weighted by Gasteiger charge is -2.45. The van der Waals surface area contributed by atoms with Crippen LogP contribution in [0.15, 0.2) is 4.99 Å². The Balaban J connectivity index is 1.52. The summed E-state index contributed by atoms with van der Waals surface area (Å²) in [5.74, 6) is 1.97. The number of thioether (sulfide) groups is 1. The first-order valence-electron chi connectivity index (χ1n) is 9.56. The highest BCUT2D eigenvalue weighted by Crippen LogP contribution is 2.42. The summed E-state index contributed by atoms with van der Waals surface area (Å²) in [6, 6.07) is 0. The Bertz CT molecular complexity index is 510. The van der Waals surface area contributed by atoms with Gasteiger partial charge in [-0.25, -0.2) is 0 Å². The van der Waals surface area contributed by atoms with Gasteiger partial charge in [-0.2, -0.15) is 11.8 Å². The van der Waals surface area contributed by atoms with Crippen molar-refractivity contribution in [2.75, 3.05) is 39.0 Å². The molecule has 0 atom stereocenters. The fourth-order valence-corrected chi connectivity index (χ4v) is 5.75. The molecule has 0 radical (unpaired) electrons. The van der Waals surface area contributed by atoms with Crippen LogP contribution >= 0.6 is 11.8 Å². The van der Waals surface area contributed by atoms with Gasteiger partial charge in [-0.1, -0.05) is 19.3 Å². The number of hydrogen-bond acceptors (Lipinski definition) is 4. The number of hydrogen-bond donors (Lipinski definition) is 1. The molecule has 7 heteroatoms. The van der Waals surface area contributed by atoms with E-state index in [0.717, 1.165) is 24.8 Å². The van der Waals surface area contributed by atoms with Crippen molar-refractivity contribution in [2.24, 2.45) is 4.99 Å². The highest BCUT2D eigenvalue weighted by molar-refractivity contribution is 8.00. The van der Waals surface area contributed by atoms with E-state index in [2.05, 4.69) is 27.0 Å². The fourth-order valence-electron chi connectivity index (χ4n) is 4.19. The van der Waals surface area contributed by atoms with Crippen molar-refractivity contribution in [1.29, 1.82) is 0 Å². The van der Waals surface area contributed by atoms with E-state index in [0.29, 0.717) is 37.1 Å². The fraction of sp³-hybridized carbons (Fsp3) is 0.833. The second kappa shape index (κ2) is 8.43. The topological polar surface area (TPSA) is 65.0 Å². The summed E-state index contributed by atoms with van der Waals surface area (Å²) in [6.45, 7) is 3.07. The lowest BCUT2D eigenvalue weighted by molar-refractivity contribution is -0.147. The van der Waals surface area contributed by atoms with Gasteiger partial charge in [0.15, 0.2) is 5.96 Å². The normalized spacial score (nSPS) is 24.8. The number of nitrogens with one attached hydrogen (secondary N) is 1. The maximum absolute atomic E-state index is 11.9. The number of aliphatic imine (C=N–C) groups is 1. The van der Waals surface area contributed by atoms with Crippen LogP contribution in [0.5, 0.6) is 0 Å². The van der Waals surface area contributed by atoms with Crippen molar-refractivity contribution in [1.82, 2.24) is 15.1 Å². The van der Waals surface area contributed by atoms with Crippen LogP contribution in [0.2, 0.25) is 0 Å². The van der Waals surface area contributed by atoms with E-state index in [1.807, 2.05) is 7.05 Å². The van der Waals surface area contributed by atoms with Crippen molar-refractivity contribution in [3.05, 3.63) is 0 Å². The highest BCUT2D eigenvalue weighted by atomic mass is 32.2. The number of imide groups is 1. The van der Waals surface area contributed by atoms with E-state index in [9.17, 15) is 9.59 Å². The van der Waals surface area contributed by atoms with Crippen LogP contribution in [-0.4, -0.2) is 71.3 Å². The summed E-state index contributed by atoms with van der Waals surface area (Å²) in [7, 11) is 1.81. The Morgan fingerprint density at radius 3 is 2.56 bits per heavy atom. The number of carbonyl (C=O) groups is 2. The zero-order valence-corrected chi connectivity index (χ0v) is 16.1. The van der Waals surface area contributed by atoms with Gasteiger partial charge in [0.1, 0.15) is 0 Å². The Labute approximate surface area is 154 Å². The average molecular weight is 367 g/mol. The summed E-state index contributed by atoms with van der Waals surface area (Å²) in [4.78, 5) is 32.0. The molecule has 1 saturated carbocycles. The molecule has 0 aromatic carbocycles. The van der Waals surface area contributed by atoms with Crippen LogP contribution in [0, 0.1) is 0 Å². The van der Waals surface area contributed by atoms with Crippen molar-refractivity contribution in [3.63, 3.8) is 0 Å². The third-order valence-electron chi connectivity index (χ3n) is 5.53. The van der Waals surface area contributed by atoms with Crippen molar-refractivity contribution in [2.45, 2.75) is 56.1 Å². The van der Waals surface area contributed by atoms with Gasteiger partial charge in [-0.3, -0.25) is 19.5 Å². The number of rotatable bonds is 3. The quantitative estimate of drug-likeness (QED) is 0.469. The summed E-state index contributed by atoms with van der Waals surface area (Å²) in [5.41, 5.74) is 0. The largest absolute Gasteiger partial charge is 0.354 e. The second-order valence-corrected chi connectivity index (χ2v) is 8.84. The molecule has 3 rings (SSSR count). The molecule has 2 heterocycles. The molecule has 140 valence electrons. The maximum atomic E-state index is 11.9. The molecule has 1 spiro atoms. The number of guanidine groups is 1. The van der Waals surface area contributed by atoms with Crippen LogP contribution in [0.1, 0.15) is 51.4 Å². The predicted molar refractivity (Wildman–Crippen MR) is 102 cm³/mol. The molecule has 3 aliphatic rings. The van der Waals surface area contributed by atoms with E-state index in [4.69, 9.17) is 0 Å². The van der Waals surface area contributed by atoms with E-state index in [-0.39, 0.29) is 11.8 Å². The van der Waals surface area contributed by atoms with Crippen LogP contribution in [-0.2, 0) is 9.59 Å². The molecule has 0 bridgehead atoms. The van der Waals surface area contributed by atoms with E-state index >= 15 is 0 Å². The molecule has 2 amide bonds. The van der Waals surface area contributed by atoms with Crippen LogP contribution in [0.3, 0.4) is 0 Å². The summed E-state index contributed by atoms with van der Waals surface area (Å²) in [5, 5.41) is 3.37. The van der Waals surface area contributed by atoms with Gasteiger partial charge in [-0.05, 0) is 19.3 Å². The molecular weight excluding hydrogens is 336 g/mol. The Hall–Kier alpha value is -1.24. The van der Waals surface area contributed by atoms with Crippen molar-refractivity contribution in [3.8, 4) is 0 Å².